The number of rotatable bonds is 17. The fourth-order valence-corrected chi connectivity index (χ4v) is 8.92. The van der Waals surface area contributed by atoms with Gasteiger partial charge in [-0.3, -0.25) is 0 Å². The molecule has 0 fully saturated rings. The summed E-state index contributed by atoms with van der Waals surface area (Å²) in [6.07, 6.45) is 0.828. The zero-order chi connectivity index (χ0) is 53.6. The summed E-state index contributed by atoms with van der Waals surface area (Å²) < 4.78 is 24.9. The number of aliphatic imine (C=N–C) groups is 2. The molecule has 10 aromatic carbocycles. The molecule has 9 nitrogen and oxygen atoms in total. The van der Waals surface area contributed by atoms with Crippen molar-refractivity contribution in [2.75, 3.05) is 0 Å². The summed E-state index contributed by atoms with van der Waals surface area (Å²) >= 11 is 0. The van der Waals surface area contributed by atoms with Crippen molar-refractivity contribution in [1.29, 1.82) is 0 Å². The van der Waals surface area contributed by atoms with Crippen LogP contribution in [0.1, 0.15) is 23.9 Å². The van der Waals surface area contributed by atoms with E-state index >= 15 is 0 Å². The molecule has 0 N–H and O–H groups in total. The van der Waals surface area contributed by atoms with Gasteiger partial charge in [0.2, 0.25) is 5.88 Å². The number of nitrogens with zero attached hydrogens (tertiary/aromatic N) is 5. The number of aromatic nitrogens is 3. The number of ether oxygens (including phenoxy) is 4. The Hall–Kier alpha value is -10.5. The maximum absolute atomic E-state index is 6.25. The average molecular weight is 1030 g/mol. The Kier molecular flexibility index (Phi) is 15.7. The minimum Gasteiger partial charge on any atom is -0.443 e. The quantitative estimate of drug-likeness (QED) is 0.0509. The van der Waals surface area contributed by atoms with Crippen LogP contribution in [0.4, 0.5) is 0 Å². The van der Waals surface area contributed by atoms with Crippen LogP contribution in [0.5, 0.6) is 35.0 Å². The summed E-state index contributed by atoms with van der Waals surface area (Å²) in [5, 5.41) is 0. The number of benzene rings is 10. The van der Waals surface area contributed by atoms with E-state index in [1.54, 1.807) is 0 Å². The highest BCUT2D eigenvalue weighted by Gasteiger charge is 2.14. The Bertz CT molecular complexity index is 3740. The van der Waals surface area contributed by atoms with Crippen LogP contribution in [0, 0.1) is 0 Å². The lowest BCUT2D eigenvalue weighted by molar-refractivity contribution is 0.393. The number of hydrogen-bond donors (Lipinski definition) is 0. The lowest BCUT2D eigenvalue weighted by atomic mass is 10.0. The van der Waals surface area contributed by atoms with Crippen molar-refractivity contribution in [1.82, 2.24) is 15.0 Å². The van der Waals surface area contributed by atoms with Gasteiger partial charge in [-0.15, -0.1) is 4.98 Å². The molecule has 0 spiro atoms. The van der Waals surface area contributed by atoms with Gasteiger partial charge in [-0.05, 0) is 122 Å². The summed E-state index contributed by atoms with van der Waals surface area (Å²) in [5.41, 5.74) is 12.9. The van der Waals surface area contributed by atoms with Gasteiger partial charge < -0.3 is 18.9 Å². The van der Waals surface area contributed by atoms with Crippen molar-refractivity contribution in [3.05, 3.63) is 296 Å². The molecule has 0 aliphatic heterocycles. The molecule has 1 heterocycles. The highest BCUT2D eigenvalue weighted by Crippen LogP contribution is 2.30. The third-order valence-electron chi connectivity index (χ3n) is 12.9. The van der Waals surface area contributed by atoms with Crippen molar-refractivity contribution >= 4 is 11.7 Å². The van der Waals surface area contributed by atoms with Gasteiger partial charge in [0.15, 0.2) is 5.90 Å². The molecule has 9 heteroatoms. The second-order valence-electron chi connectivity index (χ2n) is 18.6. The van der Waals surface area contributed by atoms with E-state index in [2.05, 4.69) is 109 Å². The minimum absolute atomic E-state index is 0.128. The normalized spacial score (nSPS) is 11.4. The van der Waals surface area contributed by atoms with Crippen molar-refractivity contribution in [3.63, 3.8) is 0 Å². The molecular weight excluding hydrogens is 975 g/mol. The van der Waals surface area contributed by atoms with Gasteiger partial charge in [0.1, 0.15) is 34.7 Å². The van der Waals surface area contributed by atoms with Crippen LogP contribution < -0.4 is 18.9 Å². The first-order valence-electron chi connectivity index (χ1n) is 26.0. The Labute approximate surface area is 460 Å². The number of amidine groups is 1. The van der Waals surface area contributed by atoms with Gasteiger partial charge >= 0.3 is 12.0 Å². The molecule has 0 saturated carbocycles. The molecule has 11 rings (SSSR count). The monoisotopic (exact) mass is 1030 g/mol. The fraction of sp³-hybridized carbons (Fsp3) is 0.0429. The smallest absolute Gasteiger partial charge is 0.328 e. The van der Waals surface area contributed by atoms with Crippen LogP contribution in [-0.4, -0.2) is 26.7 Å². The molecule has 0 bridgehead atoms. The van der Waals surface area contributed by atoms with Gasteiger partial charge in [-0.2, -0.15) is 15.0 Å². The van der Waals surface area contributed by atoms with E-state index in [-0.39, 0.29) is 17.9 Å². The molecule has 79 heavy (non-hydrogen) atoms. The molecule has 0 aliphatic rings. The zero-order valence-electron chi connectivity index (χ0n) is 43.4. The topological polar surface area (TPSA) is 100 Å². The Morgan fingerprint density at radius 3 is 1.04 bits per heavy atom. The molecule has 0 radical (unpaired) electrons. The highest BCUT2D eigenvalue weighted by atomic mass is 16.5. The standard InChI is InChI=1S/C70H53N5O4/c1-49(76-63-39-31-59(32-40-63)54-17-9-4-10-18-54)71-67(47-51-23-27-57(28-24-51)53-15-7-3-8-16-53)72-50(2)77-64-41-33-62(34-42-64)58-29-25-52(26-30-58)48-68-73-69(78-65-43-35-60(36-44-65)55-19-11-5-12-20-55)75-70(74-68)79-66-45-37-61(38-46-66)56-21-13-6-14-22-56/h3-46H,2,47-48H2,1H3/b71-49+,72-67-. The molecule has 0 amide bonds. The second-order valence-corrected chi connectivity index (χ2v) is 18.6. The van der Waals surface area contributed by atoms with E-state index in [9.17, 15) is 0 Å². The molecule has 1 aromatic heterocycles. The Morgan fingerprint density at radius 2 is 0.658 bits per heavy atom. The SMILES string of the molecule is C=C(/N=C(Cc1ccc(-c2ccccc2)cc1)\N=C(/C)Oc1ccc(-c2ccccc2)cc1)Oc1ccc(-c2ccc(Cc3nc(Oc4ccc(-c5ccccc5)cc4)nc(Oc4ccc(-c5ccccc5)cc4)n3)cc2)cc1. The predicted octanol–water partition coefficient (Wildman–Crippen LogP) is 17.4. The van der Waals surface area contributed by atoms with Crippen molar-refractivity contribution in [3.8, 4) is 90.7 Å². The van der Waals surface area contributed by atoms with Crippen LogP contribution in [0.15, 0.2) is 289 Å². The fourth-order valence-electron chi connectivity index (χ4n) is 8.92. The van der Waals surface area contributed by atoms with E-state index in [1.807, 2.05) is 177 Å². The maximum atomic E-state index is 6.25. The first kappa shape index (κ1) is 50.6. The number of hydrogen-bond acceptors (Lipinski definition) is 8. The van der Waals surface area contributed by atoms with Crippen molar-refractivity contribution in [2.45, 2.75) is 19.8 Å². The predicted molar refractivity (Wildman–Crippen MR) is 317 cm³/mol. The van der Waals surface area contributed by atoms with Gasteiger partial charge in [0.05, 0.1) is 0 Å². The van der Waals surface area contributed by atoms with E-state index in [0.717, 1.165) is 66.8 Å². The van der Waals surface area contributed by atoms with E-state index in [1.165, 1.54) is 0 Å². The van der Waals surface area contributed by atoms with Crippen LogP contribution >= 0.6 is 0 Å². The molecule has 0 aliphatic carbocycles. The molecule has 382 valence electrons. The van der Waals surface area contributed by atoms with Crippen molar-refractivity contribution in [2.24, 2.45) is 9.98 Å². The molecule has 0 unspecified atom stereocenters. The minimum atomic E-state index is 0.128. The first-order chi connectivity index (χ1) is 38.9. The van der Waals surface area contributed by atoms with E-state index in [0.29, 0.717) is 53.4 Å². The van der Waals surface area contributed by atoms with E-state index < -0.39 is 0 Å². The lowest BCUT2D eigenvalue weighted by Crippen LogP contribution is -2.10. The third-order valence-corrected chi connectivity index (χ3v) is 12.9. The van der Waals surface area contributed by atoms with Crippen LogP contribution in [0.3, 0.4) is 0 Å². The van der Waals surface area contributed by atoms with Gasteiger partial charge in [-0.1, -0.05) is 218 Å². The summed E-state index contributed by atoms with van der Waals surface area (Å²) in [7, 11) is 0. The molecule has 11 aromatic rings. The van der Waals surface area contributed by atoms with Crippen LogP contribution in [-0.2, 0) is 12.8 Å². The Balaban J connectivity index is 0.774. The molecule has 0 saturated heterocycles. The van der Waals surface area contributed by atoms with Crippen LogP contribution in [0.2, 0.25) is 0 Å². The molecule has 0 atom stereocenters. The van der Waals surface area contributed by atoms with Crippen LogP contribution in [0.25, 0.3) is 55.6 Å². The average Bonchev–Trinajstić information content (AvgIpc) is 3.49. The summed E-state index contributed by atoms with van der Waals surface area (Å²) in [5.74, 6) is 4.04. The third kappa shape index (κ3) is 13.7. The first-order valence-corrected chi connectivity index (χ1v) is 26.0. The highest BCUT2D eigenvalue weighted by molar-refractivity contribution is 5.96. The van der Waals surface area contributed by atoms with Gasteiger partial charge in [0, 0.05) is 19.8 Å². The largest absolute Gasteiger partial charge is 0.443 e. The molecular formula is C70H53N5O4. The summed E-state index contributed by atoms with van der Waals surface area (Å²) in [6.45, 7) is 5.99. The summed E-state index contributed by atoms with van der Waals surface area (Å²) in [6, 6.07) is 89.3. The van der Waals surface area contributed by atoms with Gasteiger partial charge in [0.25, 0.3) is 0 Å². The van der Waals surface area contributed by atoms with Crippen molar-refractivity contribution < 1.29 is 18.9 Å². The second kappa shape index (κ2) is 24.4. The lowest BCUT2D eigenvalue weighted by Gasteiger charge is -2.11. The van der Waals surface area contributed by atoms with Gasteiger partial charge in [-0.25, -0.2) is 4.99 Å². The maximum Gasteiger partial charge on any atom is 0.328 e. The van der Waals surface area contributed by atoms with E-state index in [4.69, 9.17) is 38.9 Å². The summed E-state index contributed by atoms with van der Waals surface area (Å²) in [4.78, 5) is 23.7. The zero-order valence-corrected chi connectivity index (χ0v) is 43.4. The Morgan fingerprint density at radius 1 is 0.342 bits per heavy atom.